The van der Waals surface area contributed by atoms with Crippen molar-refractivity contribution in [2.45, 2.75) is 25.9 Å². The molecule has 0 amide bonds. The zero-order valence-electron chi connectivity index (χ0n) is 9.12. The quantitative estimate of drug-likeness (QED) is 0.516. The van der Waals surface area contributed by atoms with Gasteiger partial charge in [-0.1, -0.05) is 0 Å². The number of hydrogen-bond donors (Lipinski definition) is 2. The highest BCUT2D eigenvalue weighted by Crippen LogP contribution is 2.16. The molecule has 0 bridgehead atoms. The van der Waals surface area contributed by atoms with Crippen LogP contribution >= 0.6 is 0 Å². The van der Waals surface area contributed by atoms with Crippen LogP contribution in [0, 0.1) is 11.3 Å². The molecule has 3 N–H and O–H groups in total. The molecule has 0 aromatic carbocycles. The van der Waals surface area contributed by atoms with Gasteiger partial charge in [-0.05, 0) is 26.3 Å². The van der Waals surface area contributed by atoms with Crippen molar-refractivity contribution >= 4 is 5.84 Å². The third kappa shape index (κ3) is 3.27. The molecule has 14 heavy (non-hydrogen) atoms. The minimum Gasteiger partial charge on any atom is -0.387 e. The van der Waals surface area contributed by atoms with Gasteiger partial charge in [0.2, 0.25) is 0 Å². The predicted octanol–water partition coefficient (Wildman–Crippen LogP) is 0.669. The molecule has 1 rings (SSSR count). The molecule has 82 valence electrons. The summed E-state index contributed by atoms with van der Waals surface area (Å²) in [6.45, 7) is 5.04. The van der Waals surface area contributed by atoms with Gasteiger partial charge in [0.1, 0.15) is 0 Å². The van der Waals surface area contributed by atoms with Crippen molar-refractivity contribution < 1.29 is 4.74 Å². The first-order valence-corrected chi connectivity index (χ1v) is 5.22. The van der Waals surface area contributed by atoms with Crippen LogP contribution in [0.4, 0.5) is 0 Å². The van der Waals surface area contributed by atoms with Crippen molar-refractivity contribution in [2.24, 2.45) is 11.7 Å². The molecule has 1 saturated heterocycles. The van der Waals surface area contributed by atoms with Crippen molar-refractivity contribution in [1.29, 1.82) is 5.41 Å². The van der Waals surface area contributed by atoms with Crippen molar-refractivity contribution in [3.8, 4) is 0 Å². The maximum absolute atomic E-state index is 7.43. The van der Waals surface area contributed by atoms with Crippen LogP contribution in [0.1, 0.15) is 19.8 Å². The van der Waals surface area contributed by atoms with E-state index in [9.17, 15) is 0 Å². The molecule has 0 saturated carbocycles. The summed E-state index contributed by atoms with van der Waals surface area (Å²) in [5.74, 6) is 0.590. The number of nitrogens with zero attached hydrogens (tertiary/aromatic N) is 1. The third-order valence-electron chi connectivity index (χ3n) is 2.86. The summed E-state index contributed by atoms with van der Waals surface area (Å²) >= 11 is 0. The minimum atomic E-state index is 0.257. The van der Waals surface area contributed by atoms with E-state index >= 15 is 0 Å². The molecule has 2 atom stereocenters. The maximum Gasteiger partial charge on any atom is 0.0949 e. The van der Waals surface area contributed by atoms with Crippen LogP contribution in [0.25, 0.3) is 0 Å². The van der Waals surface area contributed by atoms with Crippen molar-refractivity contribution in [3.05, 3.63) is 0 Å². The number of amidine groups is 1. The Kier molecular flexibility index (Phi) is 4.35. The van der Waals surface area contributed by atoms with E-state index in [1.807, 2.05) is 0 Å². The Labute approximate surface area is 85.9 Å². The van der Waals surface area contributed by atoms with E-state index in [1.54, 1.807) is 7.11 Å². The molecular weight excluding hydrogens is 178 g/mol. The van der Waals surface area contributed by atoms with E-state index < -0.39 is 0 Å². The molecule has 0 spiro atoms. The number of methoxy groups -OCH3 is 1. The minimum absolute atomic E-state index is 0.257. The van der Waals surface area contributed by atoms with Gasteiger partial charge >= 0.3 is 0 Å². The molecule has 4 heteroatoms. The summed E-state index contributed by atoms with van der Waals surface area (Å²) < 4.78 is 5.22. The van der Waals surface area contributed by atoms with E-state index in [0.29, 0.717) is 5.84 Å². The van der Waals surface area contributed by atoms with Gasteiger partial charge in [-0.15, -0.1) is 0 Å². The average molecular weight is 199 g/mol. The Balaban J connectivity index is 2.36. The Bertz CT molecular complexity index is 196. The summed E-state index contributed by atoms with van der Waals surface area (Å²) in [5, 5.41) is 7.43. The second-order valence-corrected chi connectivity index (χ2v) is 4.10. The van der Waals surface area contributed by atoms with E-state index in [1.165, 1.54) is 0 Å². The van der Waals surface area contributed by atoms with Gasteiger partial charge in [-0.25, -0.2) is 0 Å². The highest BCUT2D eigenvalue weighted by Gasteiger charge is 2.22. The summed E-state index contributed by atoms with van der Waals surface area (Å²) in [7, 11) is 1.73. The number of likely N-dealkylation sites (tertiary alicyclic amines) is 1. The average Bonchev–Trinajstić information content (AvgIpc) is 2.18. The van der Waals surface area contributed by atoms with Gasteiger partial charge in [0.25, 0.3) is 0 Å². The van der Waals surface area contributed by atoms with Gasteiger partial charge in [0.15, 0.2) is 0 Å². The predicted molar refractivity (Wildman–Crippen MR) is 57.5 cm³/mol. The second kappa shape index (κ2) is 5.32. The highest BCUT2D eigenvalue weighted by molar-refractivity contribution is 5.79. The molecule has 4 nitrogen and oxygen atoms in total. The normalized spacial score (nSPS) is 26.0. The molecule has 1 heterocycles. The van der Waals surface area contributed by atoms with Crippen LogP contribution in [0.15, 0.2) is 0 Å². The van der Waals surface area contributed by atoms with Crippen molar-refractivity contribution in [3.63, 3.8) is 0 Å². The fraction of sp³-hybridized carbons (Fsp3) is 0.900. The van der Waals surface area contributed by atoms with Crippen molar-refractivity contribution in [1.82, 2.24) is 4.90 Å². The fourth-order valence-corrected chi connectivity index (χ4v) is 1.91. The molecule has 0 aliphatic carbocycles. The van der Waals surface area contributed by atoms with Crippen LogP contribution in [-0.4, -0.2) is 43.6 Å². The Hall–Kier alpha value is -0.610. The zero-order valence-corrected chi connectivity index (χ0v) is 9.12. The summed E-state index contributed by atoms with van der Waals surface area (Å²) in [6.07, 6.45) is 2.47. The van der Waals surface area contributed by atoms with Gasteiger partial charge in [-0.2, -0.15) is 0 Å². The Morgan fingerprint density at radius 2 is 2.43 bits per heavy atom. The molecule has 2 unspecified atom stereocenters. The lowest BCUT2D eigenvalue weighted by atomic mass is 9.97. The molecular formula is C10H21N3O. The molecule has 0 aromatic heterocycles. The summed E-state index contributed by atoms with van der Waals surface area (Å²) in [4.78, 5) is 2.34. The topological polar surface area (TPSA) is 62.3 Å². The van der Waals surface area contributed by atoms with Crippen LogP contribution < -0.4 is 5.73 Å². The van der Waals surface area contributed by atoms with Gasteiger partial charge in [0.05, 0.1) is 11.9 Å². The lowest BCUT2D eigenvalue weighted by Gasteiger charge is -2.33. The van der Waals surface area contributed by atoms with Crippen molar-refractivity contribution in [2.75, 3.05) is 26.7 Å². The number of ether oxygens (including phenoxy) is 1. The molecule has 1 aliphatic rings. The number of piperidine rings is 1. The monoisotopic (exact) mass is 199 g/mol. The Morgan fingerprint density at radius 1 is 1.71 bits per heavy atom. The SMILES string of the molecule is COC(C)CN1CCCC(C(=N)N)C1. The first kappa shape index (κ1) is 11.5. The van der Waals surface area contributed by atoms with Crippen LogP contribution in [0.3, 0.4) is 0 Å². The van der Waals surface area contributed by atoms with E-state index in [0.717, 1.165) is 32.5 Å². The number of hydrogen-bond acceptors (Lipinski definition) is 3. The highest BCUT2D eigenvalue weighted by atomic mass is 16.5. The Morgan fingerprint density at radius 3 is 3.00 bits per heavy atom. The van der Waals surface area contributed by atoms with Crippen LogP contribution in [0.2, 0.25) is 0 Å². The van der Waals surface area contributed by atoms with Gasteiger partial charge in [-0.3, -0.25) is 5.41 Å². The first-order chi connectivity index (χ1) is 6.63. The largest absolute Gasteiger partial charge is 0.387 e. The smallest absolute Gasteiger partial charge is 0.0949 e. The molecule has 1 aliphatic heterocycles. The summed E-state index contributed by atoms with van der Waals surface area (Å²) in [5.41, 5.74) is 5.52. The number of nitrogens with two attached hydrogens (primary N) is 1. The number of nitrogens with one attached hydrogen (secondary N) is 1. The fourth-order valence-electron chi connectivity index (χ4n) is 1.91. The standard InChI is InChI=1S/C10H21N3O/c1-8(14-2)6-13-5-3-4-9(7-13)10(11)12/h8-9H,3-7H2,1-2H3,(H3,11,12). The maximum atomic E-state index is 7.43. The second-order valence-electron chi connectivity index (χ2n) is 4.10. The zero-order chi connectivity index (χ0) is 10.6. The lowest BCUT2D eigenvalue weighted by molar-refractivity contribution is 0.0652. The van der Waals surface area contributed by atoms with E-state index in [4.69, 9.17) is 15.9 Å². The van der Waals surface area contributed by atoms with Crippen LogP contribution in [-0.2, 0) is 4.74 Å². The van der Waals surface area contributed by atoms with Crippen LogP contribution in [0.5, 0.6) is 0 Å². The summed E-state index contributed by atoms with van der Waals surface area (Å²) in [6, 6.07) is 0. The van der Waals surface area contributed by atoms with Gasteiger partial charge < -0.3 is 15.4 Å². The van der Waals surface area contributed by atoms with E-state index in [2.05, 4.69) is 11.8 Å². The van der Waals surface area contributed by atoms with Gasteiger partial charge in [0, 0.05) is 26.1 Å². The van der Waals surface area contributed by atoms with E-state index in [-0.39, 0.29) is 12.0 Å². The molecule has 0 aromatic rings. The number of rotatable bonds is 4. The third-order valence-corrected chi connectivity index (χ3v) is 2.86. The molecule has 1 fully saturated rings. The lowest BCUT2D eigenvalue weighted by Crippen LogP contribution is -2.43. The molecule has 0 radical (unpaired) electrons. The first-order valence-electron chi connectivity index (χ1n) is 5.22.